The molecule has 0 bridgehead atoms. The molecule has 1 saturated heterocycles. The van der Waals surface area contributed by atoms with Gasteiger partial charge in [0.15, 0.2) is 0 Å². The molecular formula is C16H18ClF3N4O2. The van der Waals surface area contributed by atoms with Gasteiger partial charge in [0.05, 0.1) is 11.6 Å². The number of hydrogen-bond acceptors (Lipinski definition) is 5. The summed E-state index contributed by atoms with van der Waals surface area (Å²) in [5, 5.41) is 9.57. The lowest BCUT2D eigenvalue weighted by Crippen LogP contribution is -2.41. The fourth-order valence-corrected chi connectivity index (χ4v) is 2.63. The number of carbonyl (C=O) groups is 1. The number of hydrogen-bond donors (Lipinski definition) is 2. The zero-order valence-electron chi connectivity index (χ0n) is 13.7. The molecule has 2 aromatic rings. The van der Waals surface area contributed by atoms with Gasteiger partial charge in [-0.1, -0.05) is 17.3 Å². The molecule has 0 spiro atoms. The van der Waals surface area contributed by atoms with Gasteiger partial charge in [-0.05, 0) is 31.5 Å². The SMILES string of the molecule is Cl.O=C(NCCc1nc(-c2cccc(C(F)(F)F)c2)no1)C1CCCN1. The summed E-state index contributed by atoms with van der Waals surface area (Å²) in [5.41, 5.74) is -0.545. The van der Waals surface area contributed by atoms with E-state index in [1.54, 1.807) is 0 Å². The van der Waals surface area contributed by atoms with Crippen molar-refractivity contribution < 1.29 is 22.5 Å². The van der Waals surface area contributed by atoms with E-state index in [9.17, 15) is 18.0 Å². The lowest BCUT2D eigenvalue weighted by molar-refractivity contribution is -0.137. The molecule has 2 heterocycles. The van der Waals surface area contributed by atoms with E-state index in [-0.39, 0.29) is 41.6 Å². The number of alkyl halides is 3. The van der Waals surface area contributed by atoms with Crippen molar-refractivity contribution in [2.45, 2.75) is 31.5 Å². The molecule has 1 atom stereocenters. The molecule has 3 rings (SSSR count). The molecule has 1 amide bonds. The van der Waals surface area contributed by atoms with Gasteiger partial charge in [0.25, 0.3) is 0 Å². The standard InChI is InChI=1S/C16H17F3N4O2.ClH/c17-16(18,19)11-4-1-3-10(9-11)14-22-13(25-23-14)6-8-21-15(24)12-5-2-7-20-12;/h1,3-4,9,12,20H,2,5-8H2,(H,21,24);1H. The van der Waals surface area contributed by atoms with E-state index in [2.05, 4.69) is 20.8 Å². The van der Waals surface area contributed by atoms with Crippen LogP contribution in [0.15, 0.2) is 28.8 Å². The fraction of sp³-hybridized carbons (Fsp3) is 0.438. The minimum absolute atomic E-state index is 0. The first-order valence-electron chi connectivity index (χ1n) is 7.95. The van der Waals surface area contributed by atoms with Gasteiger partial charge < -0.3 is 15.2 Å². The third-order valence-electron chi connectivity index (χ3n) is 3.93. The lowest BCUT2D eigenvalue weighted by Gasteiger charge is -2.09. The van der Waals surface area contributed by atoms with E-state index >= 15 is 0 Å². The normalized spacial score (nSPS) is 17.0. The fourth-order valence-electron chi connectivity index (χ4n) is 2.63. The van der Waals surface area contributed by atoms with Crippen LogP contribution in [0.4, 0.5) is 13.2 Å². The molecule has 142 valence electrons. The molecule has 0 radical (unpaired) electrons. The maximum atomic E-state index is 12.7. The Kier molecular flexibility index (Phi) is 6.60. The quantitative estimate of drug-likeness (QED) is 0.820. The second kappa shape index (κ2) is 8.50. The van der Waals surface area contributed by atoms with Crippen molar-refractivity contribution in [1.29, 1.82) is 0 Å². The Morgan fingerprint density at radius 3 is 2.88 bits per heavy atom. The average Bonchev–Trinajstić information content (AvgIpc) is 3.26. The Balaban J connectivity index is 0.00000243. The molecule has 1 aliphatic heterocycles. The predicted octanol–water partition coefficient (Wildman–Crippen LogP) is 2.59. The molecule has 1 unspecified atom stereocenters. The highest BCUT2D eigenvalue weighted by Crippen LogP contribution is 2.31. The summed E-state index contributed by atoms with van der Waals surface area (Å²) in [4.78, 5) is 15.9. The van der Waals surface area contributed by atoms with Gasteiger partial charge in [0.2, 0.25) is 17.6 Å². The van der Waals surface area contributed by atoms with Crippen molar-refractivity contribution in [1.82, 2.24) is 20.8 Å². The number of carbonyl (C=O) groups excluding carboxylic acids is 1. The first-order chi connectivity index (χ1) is 11.9. The highest BCUT2D eigenvalue weighted by atomic mass is 35.5. The average molecular weight is 391 g/mol. The van der Waals surface area contributed by atoms with Gasteiger partial charge in [-0.15, -0.1) is 12.4 Å². The highest BCUT2D eigenvalue weighted by Gasteiger charge is 2.30. The Labute approximate surface area is 153 Å². The number of nitrogens with zero attached hydrogens (tertiary/aromatic N) is 2. The van der Waals surface area contributed by atoms with Gasteiger partial charge in [0.1, 0.15) is 0 Å². The Morgan fingerprint density at radius 2 is 2.19 bits per heavy atom. The Hall–Kier alpha value is -2.13. The molecule has 1 aromatic heterocycles. The summed E-state index contributed by atoms with van der Waals surface area (Å²) in [5.74, 6) is 0.270. The molecule has 0 saturated carbocycles. The van der Waals surface area contributed by atoms with E-state index in [1.807, 2.05) is 0 Å². The summed E-state index contributed by atoms with van der Waals surface area (Å²) in [6, 6.07) is 4.57. The number of nitrogens with one attached hydrogen (secondary N) is 2. The Bertz CT molecular complexity index is 745. The first kappa shape index (κ1) is 20.2. The monoisotopic (exact) mass is 390 g/mol. The third-order valence-corrected chi connectivity index (χ3v) is 3.93. The van der Waals surface area contributed by atoms with Crippen LogP contribution in [-0.4, -0.2) is 35.2 Å². The van der Waals surface area contributed by atoms with E-state index < -0.39 is 11.7 Å². The van der Waals surface area contributed by atoms with E-state index in [0.29, 0.717) is 13.0 Å². The van der Waals surface area contributed by atoms with Gasteiger partial charge in [-0.25, -0.2) is 0 Å². The van der Waals surface area contributed by atoms with Gasteiger partial charge in [0, 0.05) is 18.5 Å². The van der Waals surface area contributed by atoms with Crippen LogP contribution in [0.2, 0.25) is 0 Å². The number of benzene rings is 1. The van der Waals surface area contributed by atoms with Crippen LogP contribution >= 0.6 is 12.4 Å². The van der Waals surface area contributed by atoms with Crippen molar-refractivity contribution in [2.75, 3.05) is 13.1 Å². The zero-order chi connectivity index (χ0) is 17.9. The summed E-state index contributed by atoms with van der Waals surface area (Å²) in [7, 11) is 0. The second-order valence-corrected chi connectivity index (χ2v) is 5.78. The summed E-state index contributed by atoms with van der Waals surface area (Å²) >= 11 is 0. The first-order valence-corrected chi connectivity index (χ1v) is 7.95. The number of aromatic nitrogens is 2. The molecule has 2 N–H and O–H groups in total. The maximum Gasteiger partial charge on any atom is 0.416 e. The molecule has 6 nitrogen and oxygen atoms in total. The van der Waals surface area contributed by atoms with Crippen molar-refractivity contribution in [3.63, 3.8) is 0 Å². The topological polar surface area (TPSA) is 80.1 Å². The minimum atomic E-state index is -4.43. The van der Waals surface area contributed by atoms with E-state index in [0.717, 1.165) is 31.5 Å². The molecule has 10 heteroatoms. The highest BCUT2D eigenvalue weighted by molar-refractivity contribution is 5.85. The van der Waals surface area contributed by atoms with Crippen LogP contribution < -0.4 is 10.6 Å². The van der Waals surface area contributed by atoms with Gasteiger partial charge in [-0.3, -0.25) is 4.79 Å². The predicted molar refractivity (Wildman–Crippen MR) is 89.7 cm³/mol. The number of rotatable bonds is 5. The van der Waals surface area contributed by atoms with Crippen molar-refractivity contribution in [3.8, 4) is 11.4 Å². The van der Waals surface area contributed by atoms with Crippen LogP contribution in [0, 0.1) is 0 Å². The lowest BCUT2D eigenvalue weighted by atomic mass is 10.1. The van der Waals surface area contributed by atoms with Crippen LogP contribution in [-0.2, 0) is 17.4 Å². The minimum Gasteiger partial charge on any atom is -0.354 e. The van der Waals surface area contributed by atoms with Crippen molar-refractivity contribution >= 4 is 18.3 Å². The largest absolute Gasteiger partial charge is 0.416 e. The maximum absolute atomic E-state index is 12.7. The summed E-state index contributed by atoms with van der Waals surface area (Å²) in [6.45, 7) is 1.16. The number of halogens is 4. The summed E-state index contributed by atoms with van der Waals surface area (Å²) in [6.07, 6.45) is -2.33. The molecule has 1 aliphatic rings. The van der Waals surface area contributed by atoms with Crippen LogP contribution in [0.3, 0.4) is 0 Å². The van der Waals surface area contributed by atoms with E-state index in [1.165, 1.54) is 12.1 Å². The zero-order valence-corrected chi connectivity index (χ0v) is 14.5. The molecular weight excluding hydrogens is 373 g/mol. The van der Waals surface area contributed by atoms with Crippen LogP contribution in [0.1, 0.15) is 24.3 Å². The third kappa shape index (κ3) is 4.95. The Morgan fingerprint density at radius 1 is 1.38 bits per heavy atom. The van der Waals surface area contributed by atoms with E-state index in [4.69, 9.17) is 4.52 Å². The summed E-state index contributed by atoms with van der Waals surface area (Å²) < 4.78 is 43.3. The number of amides is 1. The molecule has 1 aromatic carbocycles. The molecule has 1 fully saturated rings. The van der Waals surface area contributed by atoms with Crippen molar-refractivity contribution in [3.05, 3.63) is 35.7 Å². The smallest absolute Gasteiger partial charge is 0.354 e. The van der Waals surface area contributed by atoms with Crippen LogP contribution in [0.25, 0.3) is 11.4 Å². The van der Waals surface area contributed by atoms with Gasteiger partial charge in [-0.2, -0.15) is 18.2 Å². The molecule has 0 aliphatic carbocycles. The molecule has 26 heavy (non-hydrogen) atoms. The second-order valence-electron chi connectivity index (χ2n) is 5.78. The van der Waals surface area contributed by atoms with Crippen molar-refractivity contribution in [2.24, 2.45) is 0 Å². The van der Waals surface area contributed by atoms with Gasteiger partial charge >= 0.3 is 6.18 Å². The van der Waals surface area contributed by atoms with Crippen LogP contribution in [0.5, 0.6) is 0 Å².